The molecule has 0 saturated heterocycles. The summed E-state index contributed by atoms with van der Waals surface area (Å²) in [5.41, 5.74) is -0.678. The number of carbonyl (C=O) groups is 2. The summed E-state index contributed by atoms with van der Waals surface area (Å²) in [7, 11) is 0. The van der Waals surface area contributed by atoms with Gasteiger partial charge < -0.3 is 9.84 Å². The zero-order valence-electron chi connectivity index (χ0n) is 9.98. The lowest BCUT2D eigenvalue weighted by atomic mass is 10.2. The second-order valence-electron chi connectivity index (χ2n) is 4.33. The molecule has 0 fully saturated rings. The second kappa shape index (κ2) is 5.40. The molecule has 0 heterocycles. The zero-order chi connectivity index (χ0) is 12.9. The fraction of sp³-hybridized carbons (Fsp3) is 0.636. The van der Waals surface area contributed by atoms with Gasteiger partial charge in [-0.2, -0.15) is 0 Å². The number of aliphatic carboxylic acids is 1. The molecule has 0 rings (SSSR count). The molecule has 0 spiro atoms. The average Bonchev–Trinajstić information content (AvgIpc) is 2.09. The highest BCUT2D eigenvalue weighted by atomic mass is 16.6. The Kier molecular flexibility index (Phi) is 4.83. The molecule has 0 bridgehead atoms. The fourth-order valence-corrected chi connectivity index (χ4v) is 0.912. The minimum Gasteiger partial charge on any atom is -0.480 e. The minimum absolute atomic E-state index is 0.0949. The molecular formula is C11H17NO4. The van der Waals surface area contributed by atoms with Gasteiger partial charge in [0.25, 0.3) is 0 Å². The molecule has 0 saturated carbocycles. The molecule has 5 heteroatoms. The van der Waals surface area contributed by atoms with Crippen molar-refractivity contribution in [1.29, 1.82) is 0 Å². The highest BCUT2D eigenvalue weighted by Gasteiger charge is 2.28. The van der Waals surface area contributed by atoms with Crippen LogP contribution in [-0.4, -0.2) is 40.3 Å². The molecule has 0 radical (unpaired) electrons. The van der Waals surface area contributed by atoms with Crippen LogP contribution < -0.4 is 0 Å². The number of rotatable bonds is 3. The molecule has 0 aromatic rings. The van der Waals surface area contributed by atoms with Gasteiger partial charge in [0.2, 0.25) is 0 Å². The van der Waals surface area contributed by atoms with E-state index in [1.807, 2.05) is 0 Å². The van der Waals surface area contributed by atoms with Crippen LogP contribution in [0.5, 0.6) is 0 Å². The molecule has 0 aliphatic heterocycles. The van der Waals surface area contributed by atoms with E-state index in [4.69, 9.17) is 16.3 Å². The number of carboxylic acid groups (broad SMARTS) is 1. The number of carboxylic acids is 1. The molecule has 0 aromatic carbocycles. The highest BCUT2D eigenvalue weighted by Crippen LogP contribution is 2.11. The van der Waals surface area contributed by atoms with Gasteiger partial charge in [-0.05, 0) is 27.7 Å². The van der Waals surface area contributed by atoms with Crippen molar-refractivity contribution in [3.63, 3.8) is 0 Å². The number of hydrogen-bond donors (Lipinski definition) is 1. The van der Waals surface area contributed by atoms with E-state index in [9.17, 15) is 9.59 Å². The summed E-state index contributed by atoms with van der Waals surface area (Å²) >= 11 is 0. The molecule has 1 N–H and O–H groups in total. The summed E-state index contributed by atoms with van der Waals surface area (Å²) in [6.07, 6.45) is 4.35. The number of nitrogens with zero attached hydrogens (tertiary/aromatic N) is 1. The Morgan fingerprint density at radius 1 is 1.50 bits per heavy atom. The third-order valence-electron chi connectivity index (χ3n) is 1.71. The van der Waals surface area contributed by atoms with Crippen LogP contribution in [0.4, 0.5) is 4.79 Å². The fourth-order valence-electron chi connectivity index (χ4n) is 0.912. The quantitative estimate of drug-likeness (QED) is 0.738. The van der Waals surface area contributed by atoms with Crippen molar-refractivity contribution >= 4 is 12.1 Å². The molecular weight excluding hydrogens is 210 g/mol. The lowest BCUT2D eigenvalue weighted by Gasteiger charge is -2.28. The minimum atomic E-state index is -1.12. The summed E-state index contributed by atoms with van der Waals surface area (Å²) in [6, 6.07) is -1.01. The first-order chi connectivity index (χ1) is 7.19. The first-order valence-electron chi connectivity index (χ1n) is 4.85. The van der Waals surface area contributed by atoms with Gasteiger partial charge in [0.15, 0.2) is 0 Å². The van der Waals surface area contributed by atoms with Gasteiger partial charge in [-0.25, -0.2) is 9.59 Å². The van der Waals surface area contributed by atoms with Crippen LogP contribution in [0, 0.1) is 12.3 Å². The Labute approximate surface area is 95.4 Å². The van der Waals surface area contributed by atoms with E-state index in [2.05, 4.69) is 5.92 Å². The Hall–Kier alpha value is -1.70. The van der Waals surface area contributed by atoms with Crippen LogP contribution in [0.2, 0.25) is 0 Å². The number of ether oxygens (including phenoxy) is 1. The maximum Gasteiger partial charge on any atom is 0.411 e. The summed E-state index contributed by atoms with van der Waals surface area (Å²) in [5.74, 6) is 1.11. The van der Waals surface area contributed by atoms with Crippen molar-refractivity contribution in [1.82, 2.24) is 4.90 Å². The van der Waals surface area contributed by atoms with Crippen molar-refractivity contribution in [2.24, 2.45) is 0 Å². The van der Waals surface area contributed by atoms with Gasteiger partial charge in [-0.15, -0.1) is 6.42 Å². The molecule has 5 nitrogen and oxygen atoms in total. The number of amides is 1. The van der Waals surface area contributed by atoms with Crippen molar-refractivity contribution in [2.75, 3.05) is 6.54 Å². The van der Waals surface area contributed by atoms with Crippen LogP contribution in [0.25, 0.3) is 0 Å². The van der Waals surface area contributed by atoms with Gasteiger partial charge in [0.05, 0.1) is 6.54 Å². The predicted octanol–water partition coefficient (Wildman–Crippen LogP) is 1.33. The van der Waals surface area contributed by atoms with E-state index in [0.29, 0.717) is 0 Å². The van der Waals surface area contributed by atoms with E-state index in [-0.39, 0.29) is 6.54 Å². The summed E-state index contributed by atoms with van der Waals surface area (Å²) < 4.78 is 5.05. The molecule has 1 amide bonds. The third-order valence-corrected chi connectivity index (χ3v) is 1.71. The predicted molar refractivity (Wildman–Crippen MR) is 58.9 cm³/mol. The van der Waals surface area contributed by atoms with Crippen molar-refractivity contribution in [3.8, 4) is 12.3 Å². The molecule has 90 valence electrons. The van der Waals surface area contributed by atoms with Crippen molar-refractivity contribution in [3.05, 3.63) is 0 Å². The maximum absolute atomic E-state index is 11.6. The molecule has 0 aliphatic carbocycles. The van der Waals surface area contributed by atoms with Gasteiger partial charge in [0.1, 0.15) is 11.6 Å². The smallest absolute Gasteiger partial charge is 0.411 e. The molecule has 1 atom stereocenters. The number of hydrogen-bond acceptors (Lipinski definition) is 3. The second-order valence-corrected chi connectivity index (χ2v) is 4.33. The number of carbonyl (C=O) groups excluding carboxylic acids is 1. The molecule has 0 aliphatic rings. The highest BCUT2D eigenvalue weighted by molar-refractivity contribution is 5.80. The average molecular weight is 227 g/mol. The summed E-state index contributed by atoms with van der Waals surface area (Å²) in [4.78, 5) is 23.4. The first kappa shape index (κ1) is 14.3. The largest absolute Gasteiger partial charge is 0.480 e. The van der Waals surface area contributed by atoms with Crippen LogP contribution in [0.1, 0.15) is 27.7 Å². The monoisotopic (exact) mass is 227 g/mol. The van der Waals surface area contributed by atoms with E-state index < -0.39 is 23.7 Å². The van der Waals surface area contributed by atoms with E-state index in [1.165, 1.54) is 6.92 Å². The Morgan fingerprint density at radius 2 is 2.00 bits per heavy atom. The summed E-state index contributed by atoms with van der Waals surface area (Å²) in [6.45, 7) is 6.38. The van der Waals surface area contributed by atoms with Crippen LogP contribution >= 0.6 is 0 Å². The summed E-state index contributed by atoms with van der Waals surface area (Å²) in [5, 5.41) is 8.81. The van der Waals surface area contributed by atoms with Crippen LogP contribution in [0.3, 0.4) is 0 Å². The van der Waals surface area contributed by atoms with Crippen molar-refractivity contribution in [2.45, 2.75) is 39.3 Å². The lowest BCUT2D eigenvalue weighted by Crippen LogP contribution is -2.45. The van der Waals surface area contributed by atoms with Gasteiger partial charge in [0, 0.05) is 0 Å². The Balaban J connectivity index is 4.74. The standard InChI is InChI=1S/C11H17NO4/c1-6-7-12(8(2)9(13)14)10(15)16-11(3,4)5/h1,8H,7H2,2-5H3,(H,13,14)/t8-/m0/s1. The maximum atomic E-state index is 11.6. The van der Waals surface area contributed by atoms with Crippen LogP contribution in [0.15, 0.2) is 0 Å². The Bertz CT molecular complexity index is 311. The number of terminal acetylenes is 1. The van der Waals surface area contributed by atoms with Gasteiger partial charge in [-0.1, -0.05) is 5.92 Å². The Morgan fingerprint density at radius 3 is 2.31 bits per heavy atom. The van der Waals surface area contributed by atoms with E-state index >= 15 is 0 Å². The first-order valence-corrected chi connectivity index (χ1v) is 4.85. The SMILES string of the molecule is C#CCN(C(=O)OC(C)(C)C)[C@@H](C)C(=O)O. The van der Waals surface area contributed by atoms with Gasteiger partial charge >= 0.3 is 12.1 Å². The lowest BCUT2D eigenvalue weighted by molar-refractivity contribution is -0.142. The van der Waals surface area contributed by atoms with E-state index in [0.717, 1.165) is 4.90 Å². The third kappa shape index (κ3) is 4.69. The zero-order valence-corrected chi connectivity index (χ0v) is 9.98. The van der Waals surface area contributed by atoms with E-state index in [1.54, 1.807) is 20.8 Å². The molecule has 16 heavy (non-hydrogen) atoms. The molecule has 0 unspecified atom stereocenters. The molecule has 0 aromatic heterocycles. The normalized spacial score (nSPS) is 12.4. The van der Waals surface area contributed by atoms with Crippen molar-refractivity contribution < 1.29 is 19.4 Å². The van der Waals surface area contributed by atoms with Crippen LogP contribution in [-0.2, 0) is 9.53 Å². The van der Waals surface area contributed by atoms with Gasteiger partial charge in [-0.3, -0.25) is 4.90 Å². The topological polar surface area (TPSA) is 66.8 Å².